The maximum absolute atomic E-state index is 8.49. The maximum atomic E-state index is 8.49. The van der Waals surface area contributed by atoms with Crippen molar-refractivity contribution in [3.63, 3.8) is 0 Å². The summed E-state index contributed by atoms with van der Waals surface area (Å²) in [6, 6.07) is 18.0. The third-order valence-electron chi connectivity index (χ3n) is 3.55. The van der Waals surface area contributed by atoms with Crippen molar-refractivity contribution < 1.29 is 33.4 Å². The predicted octanol–water partition coefficient (Wildman–Crippen LogP) is -1.07. The molecule has 0 fully saturated rings. The van der Waals surface area contributed by atoms with Crippen LogP contribution in [0.3, 0.4) is 0 Å². The number of hydrogen-bond acceptors (Lipinski definition) is 6. The zero-order valence-corrected chi connectivity index (χ0v) is 14.6. The van der Waals surface area contributed by atoms with Crippen molar-refractivity contribution >= 4 is 27.9 Å². The van der Waals surface area contributed by atoms with E-state index in [-0.39, 0.29) is 0 Å². The molecule has 26 heavy (non-hydrogen) atoms. The molecule has 0 saturated heterocycles. The molecule has 0 aliphatic heterocycles. The summed E-state index contributed by atoms with van der Waals surface area (Å²) in [6.07, 6.45) is 3.53. The van der Waals surface area contributed by atoms with Gasteiger partial charge in [-0.25, -0.2) is 23.6 Å². The number of benzene rings is 2. The molecule has 0 bridgehead atoms. The highest BCUT2D eigenvalue weighted by atomic mass is 35.7. The third-order valence-corrected chi connectivity index (χ3v) is 3.80. The molecule has 0 atom stereocenters. The lowest BCUT2D eigenvalue weighted by Crippen LogP contribution is -2.68. The number of nitrogens with zero attached hydrogens (tertiary/aromatic N) is 3. The molecule has 0 unspecified atom stereocenters. The SMILES string of the molecule is Clc1ccc(-c2ncn[n+]3ccc4ccccc4c23)cc1.[O-][Cl+3]([O-])([O-])[O-]. The van der Waals surface area contributed by atoms with Crippen molar-refractivity contribution in [3.05, 3.63) is 72.1 Å². The van der Waals surface area contributed by atoms with Crippen LogP contribution in [0, 0.1) is 10.2 Å². The van der Waals surface area contributed by atoms with Gasteiger partial charge in [0.15, 0.2) is 6.33 Å². The summed E-state index contributed by atoms with van der Waals surface area (Å²) >= 11 is 5.97. The van der Waals surface area contributed by atoms with Gasteiger partial charge >= 0.3 is 0 Å². The zero-order chi connectivity index (χ0) is 18.7. The van der Waals surface area contributed by atoms with E-state index in [0.29, 0.717) is 0 Å². The van der Waals surface area contributed by atoms with Crippen molar-refractivity contribution in [1.82, 2.24) is 10.1 Å². The van der Waals surface area contributed by atoms with Gasteiger partial charge in [-0.2, -0.15) is 0 Å². The Labute approximate surface area is 155 Å². The second-order valence-corrected chi connectivity index (χ2v) is 6.38. The molecule has 7 nitrogen and oxygen atoms in total. The van der Waals surface area contributed by atoms with E-state index in [4.69, 9.17) is 30.2 Å². The summed E-state index contributed by atoms with van der Waals surface area (Å²) in [5, 5.41) is 7.33. The molecule has 0 N–H and O–H groups in total. The minimum atomic E-state index is -4.94. The molecule has 2 aromatic carbocycles. The van der Waals surface area contributed by atoms with Crippen LogP contribution in [-0.4, -0.2) is 10.1 Å². The van der Waals surface area contributed by atoms with Crippen molar-refractivity contribution in [2.45, 2.75) is 0 Å². The van der Waals surface area contributed by atoms with Crippen LogP contribution in [0.2, 0.25) is 5.02 Å². The van der Waals surface area contributed by atoms with Gasteiger partial charge in [-0.3, -0.25) is 0 Å². The smallest absolute Gasteiger partial charge is 0.223 e. The van der Waals surface area contributed by atoms with Crippen LogP contribution in [0.25, 0.3) is 27.5 Å². The van der Waals surface area contributed by atoms with Crippen molar-refractivity contribution in [2.24, 2.45) is 0 Å². The Kier molecular flexibility index (Phi) is 5.28. The number of rotatable bonds is 1. The molecular formula is C17H11Cl2N3O4. The van der Waals surface area contributed by atoms with Crippen LogP contribution in [0.1, 0.15) is 0 Å². The normalized spacial score (nSPS) is 11.3. The van der Waals surface area contributed by atoms with Crippen LogP contribution < -0.4 is 23.2 Å². The van der Waals surface area contributed by atoms with Gasteiger partial charge in [-0.05, 0) is 28.1 Å². The predicted molar refractivity (Wildman–Crippen MR) is 83.1 cm³/mol. The first-order valence-corrected chi connectivity index (χ1v) is 8.86. The summed E-state index contributed by atoms with van der Waals surface area (Å²) < 4.78 is 35.8. The lowest BCUT2D eigenvalue weighted by atomic mass is 10.1. The molecule has 0 spiro atoms. The first-order valence-electron chi connectivity index (χ1n) is 7.25. The van der Waals surface area contributed by atoms with Crippen molar-refractivity contribution in [1.29, 1.82) is 0 Å². The van der Waals surface area contributed by atoms with Crippen LogP contribution in [0.5, 0.6) is 0 Å². The molecule has 0 aliphatic carbocycles. The summed E-state index contributed by atoms with van der Waals surface area (Å²) in [4.78, 5) is 4.48. The fourth-order valence-electron chi connectivity index (χ4n) is 2.56. The first kappa shape index (κ1) is 18.4. The average molecular weight is 392 g/mol. The average Bonchev–Trinajstić information content (AvgIpc) is 2.60. The maximum Gasteiger partial charge on any atom is 0.272 e. The fourth-order valence-corrected chi connectivity index (χ4v) is 2.68. The second kappa shape index (κ2) is 7.46. The van der Waals surface area contributed by atoms with E-state index in [1.807, 2.05) is 47.1 Å². The highest BCUT2D eigenvalue weighted by molar-refractivity contribution is 6.30. The lowest BCUT2D eigenvalue weighted by molar-refractivity contribution is -2.00. The quantitative estimate of drug-likeness (QED) is 0.300. The van der Waals surface area contributed by atoms with Gasteiger partial charge < -0.3 is 0 Å². The van der Waals surface area contributed by atoms with Crippen LogP contribution in [-0.2, 0) is 0 Å². The lowest BCUT2D eigenvalue weighted by Gasteiger charge is -2.17. The molecule has 4 rings (SSSR count). The number of aromatic nitrogens is 3. The summed E-state index contributed by atoms with van der Waals surface area (Å²) in [6.45, 7) is 0. The molecule has 2 heterocycles. The number of halogens is 2. The minimum absolute atomic E-state index is 0.717. The molecule has 9 heteroatoms. The molecular weight excluding hydrogens is 381 g/mol. The molecule has 0 amide bonds. The Morgan fingerprint density at radius 1 is 0.885 bits per heavy atom. The topological polar surface area (TPSA) is 122 Å². The molecule has 0 aliphatic rings. The molecule has 0 radical (unpaired) electrons. The van der Waals surface area contributed by atoms with Gasteiger partial charge in [0, 0.05) is 21.8 Å². The van der Waals surface area contributed by atoms with E-state index in [9.17, 15) is 0 Å². The van der Waals surface area contributed by atoms with E-state index in [2.05, 4.69) is 28.3 Å². The van der Waals surface area contributed by atoms with Gasteiger partial charge in [-0.15, -0.1) is 10.2 Å². The van der Waals surface area contributed by atoms with Crippen molar-refractivity contribution in [2.75, 3.05) is 0 Å². The summed E-state index contributed by atoms with van der Waals surface area (Å²) in [7, 11) is -4.94. The van der Waals surface area contributed by atoms with Crippen LogP contribution in [0.4, 0.5) is 0 Å². The number of hydrogen-bond donors (Lipinski definition) is 0. The van der Waals surface area contributed by atoms with Crippen LogP contribution >= 0.6 is 11.6 Å². The van der Waals surface area contributed by atoms with E-state index < -0.39 is 10.2 Å². The standard InChI is InChI=1S/C17H11ClN3.ClHO4/c18-14-7-5-13(6-8-14)16-17-15-4-2-1-3-12(15)9-10-21(17)20-11-19-16;2-1(3,4)5/h1-11H;(H,2,3,4,5)/q+1;/p-1. The third kappa shape index (κ3) is 4.41. The van der Waals surface area contributed by atoms with Gasteiger partial charge in [0.1, 0.15) is 5.69 Å². The Hall–Kier alpha value is -2.39. The van der Waals surface area contributed by atoms with Gasteiger partial charge in [0.2, 0.25) is 6.20 Å². The second-order valence-electron chi connectivity index (χ2n) is 5.19. The highest BCUT2D eigenvalue weighted by Crippen LogP contribution is 2.26. The van der Waals surface area contributed by atoms with Gasteiger partial charge in [0.05, 0.1) is 5.39 Å². The van der Waals surface area contributed by atoms with Gasteiger partial charge in [-0.1, -0.05) is 41.9 Å². The Bertz CT molecular complexity index is 1050. The monoisotopic (exact) mass is 391 g/mol. The number of fused-ring (bicyclic) bond motifs is 3. The first-order chi connectivity index (χ1) is 12.3. The Balaban J connectivity index is 0.000000349. The Morgan fingerprint density at radius 3 is 2.23 bits per heavy atom. The summed E-state index contributed by atoms with van der Waals surface area (Å²) in [5.74, 6) is 0. The van der Waals surface area contributed by atoms with E-state index in [1.54, 1.807) is 6.33 Å². The minimum Gasteiger partial charge on any atom is -0.223 e. The largest absolute Gasteiger partial charge is 0.272 e. The number of pyridine rings is 1. The highest BCUT2D eigenvalue weighted by Gasteiger charge is 2.16. The van der Waals surface area contributed by atoms with Gasteiger partial charge in [0.25, 0.3) is 5.52 Å². The summed E-state index contributed by atoms with van der Waals surface area (Å²) in [5.41, 5.74) is 2.92. The van der Waals surface area contributed by atoms with E-state index in [0.717, 1.165) is 27.2 Å². The van der Waals surface area contributed by atoms with Crippen molar-refractivity contribution in [3.8, 4) is 11.3 Å². The fraction of sp³-hybridized carbons (Fsp3) is 0. The zero-order valence-electron chi connectivity index (χ0n) is 13.1. The van der Waals surface area contributed by atoms with E-state index >= 15 is 0 Å². The molecule has 4 aromatic rings. The van der Waals surface area contributed by atoms with E-state index in [1.165, 1.54) is 5.39 Å². The molecule has 132 valence electrons. The molecule has 2 aromatic heterocycles. The van der Waals surface area contributed by atoms with Crippen LogP contribution in [0.15, 0.2) is 67.1 Å². The Morgan fingerprint density at radius 2 is 1.54 bits per heavy atom. The molecule has 0 saturated carbocycles.